The van der Waals surface area contributed by atoms with Gasteiger partial charge in [-0.2, -0.15) is 0 Å². The lowest BCUT2D eigenvalue weighted by Crippen LogP contribution is -1.65. The van der Waals surface area contributed by atoms with Crippen LogP contribution in [0.4, 0.5) is 0 Å². The van der Waals surface area contributed by atoms with Crippen LogP contribution in [-0.4, -0.2) is 38.3 Å². The molecule has 0 heterocycles. The molecule has 0 bridgehead atoms. The molecule has 0 rings (SSSR count). The Kier molecular flexibility index (Phi) is 20.1. The summed E-state index contributed by atoms with van der Waals surface area (Å²) in [4.78, 5) is 0. The molecule has 0 fully saturated rings. The topological polar surface area (TPSA) is 9.23 Å². The molecule has 23 valence electrons. The Morgan fingerprint density at radius 1 is 1.25 bits per heavy atom. The van der Waals surface area contributed by atoms with Gasteiger partial charge in [0.1, 0.15) is 21.0 Å². The zero-order valence-corrected chi connectivity index (χ0v) is 8.14. The lowest BCUT2D eigenvalue weighted by atomic mass is 15.8. The Morgan fingerprint density at radius 3 is 1.25 bits per heavy atom. The summed E-state index contributed by atoms with van der Waals surface area (Å²) in [6.07, 6.45) is 0. The van der Waals surface area contributed by atoms with E-state index in [9.17, 15) is 0 Å². The molecule has 1 nitrogen and oxygen atoms in total. The average Bonchev–Trinajstić information content (AvgIpc) is 0.918. The van der Waals surface area contributed by atoms with Gasteiger partial charge < -0.3 is 4.12 Å². The van der Waals surface area contributed by atoms with Crippen molar-refractivity contribution >= 4 is 38.3 Å². The van der Waals surface area contributed by atoms with E-state index in [1.165, 1.54) is 0 Å². The van der Waals surface area contributed by atoms with E-state index in [1.54, 1.807) is 0 Å². The predicted octanol–water partition coefficient (Wildman–Crippen LogP) is -2.82. The first-order valence-corrected chi connectivity index (χ1v) is 2.45. The number of hydrogen-bond donors (Lipinski definition) is 0. The van der Waals surface area contributed by atoms with Crippen molar-refractivity contribution in [1.29, 1.82) is 0 Å². The second-order valence-electron chi connectivity index (χ2n) is 0.408. The third kappa shape index (κ3) is 12.7. The molecule has 0 spiro atoms. The summed E-state index contributed by atoms with van der Waals surface area (Å²) >= 11 is 0. The van der Waals surface area contributed by atoms with Gasteiger partial charge in [0, 0.05) is 17.4 Å². The minimum Gasteiger partial charge on any atom is -0.471 e. The standard InChI is InChI=1S/Al.H6OSi2/c;2-1-3/h;2-3H3. The second-order valence-corrected chi connectivity index (χ2v) is 3.67. The normalized spacial score (nSPS) is 6.00. The molecular formula is H6AlOSi2. The fourth-order valence-corrected chi connectivity index (χ4v) is 0. The van der Waals surface area contributed by atoms with Crippen LogP contribution in [0.1, 0.15) is 0 Å². The SMILES string of the molecule is [Al].[SiH3]O[SiH3]. The van der Waals surface area contributed by atoms with E-state index in [0.29, 0.717) is 0 Å². The largest absolute Gasteiger partial charge is 0.471 e. The monoisotopic (exact) mass is 105 g/mol. The Bertz CT molecular complexity index is 6.00. The molecule has 0 unspecified atom stereocenters. The van der Waals surface area contributed by atoms with Crippen LogP contribution in [0.2, 0.25) is 0 Å². The van der Waals surface area contributed by atoms with E-state index >= 15 is 0 Å². The summed E-state index contributed by atoms with van der Waals surface area (Å²) in [6, 6.07) is 0. The van der Waals surface area contributed by atoms with Gasteiger partial charge in [0.25, 0.3) is 0 Å². The predicted molar refractivity (Wildman–Crippen MR) is 26.7 cm³/mol. The van der Waals surface area contributed by atoms with Gasteiger partial charge >= 0.3 is 0 Å². The minimum absolute atomic E-state index is 0. The Balaban J connectivity index is 0. The highest BCUT2D eigenvalue weighted by atomic mass is 28.3. The Morgan fingerprint density at radius 2 is 1.25 bits per heavy atom. The van der Waals surface area contributed by atoms with Crippen molar-refractivity contribution in [1.82, 2.24) is 0 Å². The quantitative estimate of drug-likeness (QED) is 0.302. The highest BCUT2D eigenvalue weighted by Crippen LogP contribution is 1.20. The van der Waals surface area contributed by atoms with E-state index in [2.05, 4.69) is 4.12 Å². The average molecular weight is 105 g/mol. The third-order valence-corrected chi connectivity index (χ3v) is 0. The van der Waals surface area contributed by atoms with Crippen LogP contribution >= 0.6 is 0 Å². The maximum absolute atomic E-state index is 4.53. The summed E-state index contributed by atoms with van der Waals surface area (Å²) in [7, 11) is 1.86. The minimum atomic E-state index is 0. The lowest BCUT2D eigenvalue weighted by Gasteiger charge is -1.62. The molecule has 0 aliphatic rings. The first kappa shape index (κ1) is 8.87. The third-order valence-electron chi connectivity index (χ3n) is 0. The highest BCUT2D eigenvalue weighted by Gasteiger charge is 1.28. The fraction of sp³-hybridized carbons (Fsp3) is 0. The number of hydrogen-bond acceptors (Lipinski definition) is 1. The van der Waals surface area contributed by atoms with E-state index in [4.69, 9.17) is 0 Å². The summed E-state index contributed by atoms with van der Waals surface area (Å²) in [5, 5.41) is 0. The van der Waals surface area contributed by atoms with Crippen LogP contribution in [0.15, 0.2) is 0 Å². The van der Waals surface area contributed by atoms with Gasteiger partial charge in [0.2, 0.25) is 0 Å². The Labute approximate surface area is 43.0 Å². The lowest BCUT2D eigenvalue weighted by molar-refractivity contribution is 0.690. The van der Waals surface area contributed by atoms with Gasteiger partial charge in [0.15, 0.2) is 0 Å². The second kappa shape index (κ2) is 9.06. The molecule has 4 heavy (non-hydrogen) atoms. The van der Waals surface area contributed by atoms with Gasteiger partial charge in [-0.25, -0.2) is 0 Å². The van der Waals surface area contributed by atoms with Crippen LogP contribution in [-0.2, 0) is 4.12 Å². The first-order valence-electron chi connectivity index (χ1n) is 0.816. The smallest absolute Gasteiger partial charge is 0.129 e. The van der Waals surface area contributed by atoms with Crippen LogP contribution in [0.25, 0.3) is 0 Å². The van der Waals surface area contributed by atoms with Gasteiger partial charge in [-0.3, -0.25) is 0 Å². The molecule has 0 saturated heterocycles. The molecule has 0 amide bonds. The van der Waals surface area contributed by atoms with Crippen LogP contribution in [0.3, 0.4) is 0 Å². The molecule has 0 saturated carbocycles. The van der Waals surface area contributed by atoms with Crippen molar-refractivity contribution in [3.05, 3.63) is 0 Å². The molecule has 0 aliphatic carbocycles. The first-order chi connectivity index (χ1) is 1.41. The molecule has 0 aromatic carbocycles. The van der Waals surface area contributed by atoms with E-state index in [-0.39, 0.29) is 17.4 Å². The molecule has 0 aromatic heterocycles. The van der Waals surface area contributed by atoms with Crippen molar-refractivity contribution in [3.8, 4) is 0 Å². The molecular weight excluding hydrogens is 99.2 g/mol. The fourth-order valence-electron chi connectivity index (χ4n) is 0. The molecule has 4 heteroatoms. The van der Waals surface area contributed by atoms with Crippen LogP contribution < -0.4 is 0 Å². The summed E-state index contributed by atoms with van der Waals surface area (Å²) in [5.74, 6) is 0. The summed E-state index contributed by atoms with van der Waals surface area (Å²) < 4.78 is 4.53. The van der Waals surface area contributed by atoms with Crippen molar-refractivity contribution in [2.45, 2.75) is 0 Å². The van der Waals surface area contributed by atoms with Crippen LogP contribution in [0, 0.1) is 0 Å². The van der Waals surface area contributed by atoms with Crippen molar-refractivity contribution in [2.75, 3.05) is 0 Å². The maximum atomic E-state index is 4.53. The Hall–Kier alpha value is 0.926. The van der Waals surface area contributed by atoms with E-state index in [0.717, 1.165) is 21.0 Å². The van der Waals surface area contributed by atoms with E-state index < -0.39 is 0 Å². The summed E-state index contributed by atoms with van der Waals surface area (Å²) in [6.45, 7) is 0. The van der Waals surface area contributed by atoms with Gasteiger partial charge in [-0.05, 0) is 0 Å². The molecule has 0 aromatic rings. The van der Waals surface area contributed by atoms with Gasteiger partial charge in [-0.1, -0.05) is 0 Å². The van der Waals surface area contributed by atoms with Crippen molar-refractivity contribution in [2.24, 2.45) is 0 Å². The molecule has 3 radical (unpaired) electrons. The maximum Gasteiger partial charge on any atom is 0.129 e. The molecule has 0 atom stereocenters. The van der Waals surface area contributed by atoms with Crippen LogP contribution in [0.5, 0.6) is 0 Å². The van der Waals surface area contributed by atoms with Gasteiger partial charge in [0.05, 0.1) is 0 Å². The van der Waals surface area contributed by atoms with Gasteiger partial charge in [-0.15, -0.1) is 0 Å². The zero-order valence-electron chi connectivity index (χ0n) is 2.99. The van der Waals surface area contributed by atoms with Crippen molar-refractivity contribution in [3.63, 3.8) is 0 Å². The summed E-state index contributed by atoms with van der Waals surface area (Å²) in [5.41, 5.74) is 0. The zero-order chi connectivity index (χ0) is 2.71. The molecule has 0 N–H and O–H groups in total. The van der Waals surface area contributed by atoms with Crippen molar-refractivity contribution < 1.29 is 4.12 Å². The number of rotatable bonds is 0. The van der Waals surface area contributed by atoms with E-state index in [1.807, 2.05) is 0 Å². The highest BCUT2D eigenvalue weighted by molar-refractivity contribution is 6.15. The molecule has 0 aliphatic heterocycles.